The molecule has 2 N–H and O–H groups in total. The number of anilines is 1. The van der Waals surface area contributed by atoms with E-state index in [1.165, 1.54) is 6.20 Å². The molecule has 0 fully saturated rings. The predicted octanol–water partition coefficient (Wildman–Crippen LogP) is 1.16. The molecule has 0 aliphatic carbocycles. The van der Waals surface area contributed by atoms with Crippen LogP contribution in [0.2, 0.25) is 0 Å². The van der Waals surface area contributed by atoms with Gasteiger partial charge in [-0.25, -0.2) is 9.97 Å². The molecule has 1 aromatic heterocycles. The van der Waals surface area contributed by atoms with Gasteiger partial charge in [0.15, 0.2) is 0 Å². The molecule has 4 nitrogen and oxygen atoms in total. The molecule has 15 heavy (non-hydrogen) atoms. The van der Waals surface area contributed by atoms with Crippen LogP contribution < -0.4 is 5.32 Å². The first kappa shape index (κ1) is 11.5. The maximum absolute atomic E-state index is 9.08. The third kappa shape index (κ3) is 3.22. The Labute approximate surface area is 89.8 Å². The Kier molecular flexibility index (Phi) is 4.58. The van der Waals surface area contributed by atoms with Gasteiger partial charge in [0.05, 0.1) is 12.8 Å². The average Bonchev–Trinajstić information content (AvgIpc) is 2.29. The molecule has 0 bridgehead atoms. The number of nitrogens with zero attached hydrogens (tertiary/aromatic N) is 2. The molecule has 0 aromatic carbocycles. The van der Waals surface area contributed by atoms with Gasteiger partial charge in [0, 0.05) is 6.54 Å². The lowest BCUT2D eigenvalue weighted by molar-refractivity contribution is 0.277. The molecule has 0 aliphatic heterocycles. The van der Waals surface area contributed by atoms with Gasteiger partial charge in [-0.15, -0.1) is 6.42 Å². The topological polar surface area (TPSA) is 58.0 Å². The third-order valence-corrected chi connectivity index (χ3v) is 1.97. The molecule has 0 unspecified atom stereocenters. The molecular formula is C11H15N3O. The number of aliphatic hydroxyl groups is 1. The summed E-state index contributed by atoms with van der Waals surface area (Å²) in [5.41, 5.74) is 0.946. The molecule has 0 atom stereocenters. The first-order chi connectivity index (χ1) is 7.31. The highest BCUT2D eigenvalue weighted by molar-refractivity contribution is 5.41. The molecule has 0 saturated heterocycles. The largest absolute Gasteiger partial charge is 0.390 e. The van der Waals surface area contributed by atoms with E-state index in [-0.39, 0.29) is 6.61 Å². The van der Waals surface area contributed by atoms with Crippen molar-refractivity contribution in [3.8, 4) is 12.3 Å². The van der Waals surface area contributed by atoms with Gasteiger partial charge in [0.1, 0.15) is 17.2 Å². The van der Waals surface area contributed by atoms with Crippen molar-refractivity contribution < 1.29 is 5.11 Å². The molecule has 0 amide bonds. The molecule has 0 aliphatic rings. The van der Waals surface area contributed by atoms with Gasteiger partial charge < -0.3 is 10.4 Å². The van der Waals surface area contributed by atoms with Crippen molar-refractivity contribution in [3.63, 3.8) is 0 Å². The van der Waals surface area contributed by atoms with Crippen molar-refractivity contribution in [1.29, 1.82) is 0 Å². The lowest BCUT2D eigenvalue weighted by Gasteiger charge is -2.08. The summed E-state index contributed by atoms with van der Waals surface area (Å²) < 4.78 is 0. The number of unbranched alkanes of at least 4 members (excludes halogenated alkanes) is 1. The minimum atomic E-state index is -0.156. The Balaban J connectivity index is 2.75. The van der Waals surface area contributed by atoms with Crippen molar-refractivity contribution in [2.45, 2.75) is 26.4 Å². The van der Waals surface area contributed by atoms with Gasteiger partial charge in [-0.1, -0.05) is 13.3 Å². The number of nitrogens with one attached hydrogen (secondary N) is 1. The Bertz CT molecular complexity index is 357. The predicted molar refractivity (Wildman–Crippen MR) is 59.3 cm³/mol. The molecule has 1 aromatic rings. The van der Waals surface area contributed by atoms with Gasteiger partial charge in [-0.3, -0.25) is 0 Å². The molecule has 80 valence electrons. The fraction of sp³-hybridized carbons (Fsp3) is 0.455. The highest BCUT2D eigenvalue weighted by Gasteiger charge is 2.04. The number of aromatic nitrogens is 2. The first-order valence-electron chi connectivity index (χ1n) is 4.99. The summed E-state index contributed by atoms with van der Waals surface area (Å²) in [5.74, 6) is 3.00. The molecule has 0 saturated carbocycles. The second-order valence-corrected chi connectivity index (χ2v) is 3.13. The summed E-state index contributed by atoms with van der Waals surface area (Å²) >= 11 is 0. The van der Waals surface area contributed by atoms with Crippen LogP contribution in [0.4, 0.5) is 5.82 Å². The van der Waals surface area contributed by atoms with E-state index in [2.05, 4.69) is 28.1 Å². The first-order valence-corrected chi connectivity index (χ1v) is 4.99. The van der Waals surface area contributed by atoms with Crippen LogP contribution in [0.3, 0.4) is 0 Å². The second-order valence-electron chi connectivity index (χ2n) is 3.13. The number of aliphatic hydroxyl groups excluding tert-OH is 1. The number of terminal acetylenes is 1. The monoisotopic (exact) mass is 205 g/mol. The minimum absolute atomic E-state index is 0.156. The molecule has 0 spiro atoms. The van der Waals surface area contributed by atoms with Gasteiger partial charge in [-0.2, -0.15) is 0 Å². The zero-order valence-electron chi connectivity index (χ0n) is 8.82. The number of hydrogen-bond donors (Lipinski definition) is 2. The van der Waals surface area contributed by atoms with Crippen molar-refractivity contribution in [2.24, 2.45) is 0 Å². The molecule has 4 heteroatoms. The van der Waals surface area contributed by atoms with E-state index in [0.717, 1.165) is 19.4 Å². The van der Waals surface area contributed by atoms with Crippen LogP contribution in [0.15, 0.2) is 6.20 Å². The second kappa shape index (κ2) is 5.99. The summed E-state index contributed by atoms with van der Waals surface area (Å²) in [6.45, 7) is 2.78. The van der Waals surface area contributed by atoms with Crippen molar-refractivity contribution in [1.82, 2.24) is 9.97 Å². The van der Waals surface area contributed by atoms with Crippen LogP contribution in [-0.4, -0.2) is 21.6 Å². The fourth-order valence-corrected chi connectivity index (χ4v) is 1.14. The van der Waals surface area contributed by atoms with Crippen LogP contribution in [0.25, 0.3) is 0 Å². The zero-order chi connectivity index (χ0) is 11.1. The number of rotatable bonds is 5. The Morgan fingerprint density at radius 1 is 1.60 bits per heavy atom. The third-order valence-electron chi connectivity index (χ3n) is 1.97. The molecule has 1 rings (SSSR count). The highest BCUT2D eigenvalue weighted by atomic mass is 16.3. The Hall–Kier alpha value is -1.60. The van der Waals surface area contributed by atoms with Gasteiger partial charge in [0.25, 0.3) is 0 Å². The van der Waals surface area contributed by atoms with Gasteiger partial charge in [0.2, 0.25) is 0 Å². The highest BCUT2D eigenvalue weighted by Crippen LogP contribution is 2.09. The van der Waals surface area contributed by atoms with Gasteiger partial charge >= 0.3 is 0 Å². The maximum atomic E-state index is 9.08. The zero-order valence-corrected chi connectivity index (χ0v) is 8.82. The van der Waals surface area contributed by atoms with E-state index in [9.17, 15) is 0 Å². The molecule has 0 radical (unpaired) electrons. The normalized spacial score (nSPS) is 9.67. The summed E-state index contributed by atoms with van der Waals surface area (Å²) in [5, 5.41) is 12.2. The summed E-state index contributed by atoms with van der Waals surface area (Å²) in [6, 6.07) is 0. The van der Waals surface area contributed by atoms with Crippen molar-refractivity contribution in [2.75, 3.05) is 11.9 Å². The van der Waals surface area contributed by atoms with Crippen LogP contribution in [-0.2, 0) is 6.61 Å². The van der Waals surface area contributed by atoms with E-state index >= 15 is 0 Å². The summed E-state index contributed by atoms with van der Waals surface area (Å²) in [7, 11) is 0. The lowest BCUT2D eigenvalue weighted by Crippen LogP contribution is -2.08. The lowest BCUT2D eigenvalue weighted by atomic mass is 10.3. The SMILES string of the molecule is C#Cc1cnc(NCCCC)c(CO)n1. The molecule has 1 heterocycles. The van der Waals surface area contributed by atoms with E-state index < -0.39 is 0 Å². The van der Waals surface area contributed by atoms with Gasteiger partial charge in [-0.05, 0) is 12.3 Å². The van der Waals surface area contributed by atoms with E-state index in [1.54, 1.807) is 0 Å². The van der Waals surface area contributed by atoms with Crippen LogP contribution in [0.1, 0.15) is 31.2 Å². The fourth-order valence-electron chi connectivity index (χ4n) is 1.14. The summed E-state index contributed by atoms with van der Waals surface area (Å²) in [4.78, 5) is 8.19. The maximum Gasteiger partial charge on any atom is 0.150 e. The average molecular weight is 205 g/mol. The Morgan fingerprint density at radius 3 is 3.00 bits per heavy atom. The van der Waals surface area contributed by atoms with E-state index in [4.69, 9.17) is 11.5 Å². The Morgan fingerprint density at radius 2 is 2.40 bits per heavy atom. The van der Waals surface area contributed by atoms with Crippen molar-refractivity contribution >= 4 is 5.82 Å². The van der Waals surface area contributed by atoms with Crippen LogP contribution in [0, 0.1) is 12.3 Å². The summed E-state index contributed by atoms with van der Waals surface area (Å²) in [6.07, 6.45) is 8.88. The van der Waals surface area contributed by atoms with Crippen LogP contribution >= 0.6 is 0 Å². The smallest absolute Gasteiger partial charge is 0.150 e. The van der Waals surface area contributed by atoms with E-state index in [0.29, 0.717) is 17.2 Å². The minimum Gasteiger partial charge on any atom is -0.390 e. The van der Waals surface area contributed by atoms with Crippen LogP contribution in [0.5, 0.6) is 0 Å². The quantitative estimate of drug-likeness (QED) is 0.559. The van der Waals surface area contributed by atoms with E-state index in [1.807, 2.05) is 0 Å². The molecular weight excluding hydrogens is 190 g/mol. The number of hydrogen-bond acceptors (Lipinski definition) is 4. The van der Waals surface area contributed by atoms with Crippen molar-refractivity contribution in [3.05, 3.63) is 17.6 Å². The standard InChI is InChI=1S/C11H15N3O/c1-3-5-6-12-11-10(8-15)14-9(4-2)7-13-11/h2,7,15H,3,5-6,8H2,1H3,(H,12,13).